The fourth-order valence-corrected chi connectivity index (χ4v) is 0.786. The van der Waals surface area contributed by atoms with Gasteiger partial charge in [-0.2, -0.15) is 0 Å². The molecule has 0 aromatic heterocycles. The van der Waals surface area contributed by atoms with Crippen LogP contribution in [0.25, 0.3) is 0 Å². The first-order valence-electron chi connectivity index (χ1n) is 3.89. The Bertz CT molecular complexity index is 267. The molecule has 2 N–H and O–H groups in total. The Kier molecular flexibility index (Phi) is 5.13. The second-order valence-corrected chi connectivity index (χ2v) is 2.72. The summed E-state index contributed by atoms with van der Waals surface area (Å²) in [5.41, 5.74) is 0. The third kappa shape index (κ3) is 6.96. The van der Waals surface area contributed by atoms with Crippen molar-refractivity contribution in [2.45, 2.75) is 25.7 Å². The van der Waals surface area contributed by atoms with E-state index in [-0.39, 0.29) is 12.8 Å². The van der Waals surface area contributed by atoms with Crippen molar-refractivity contribution in [3.05, 3.63) is 0 Å². The van der Waals surface area contributed by atoms with Gasteiger partial charge in [-0.3, -0.25) is 19.2 Å². The Balaban J connectivity index is 3.77. The standard InChI is InChI=1S/C8H10O6/c9-5(1-2-7(11)12)3-6(10)4-8(13)14/h1-4H2,(H,11,12)(H,13,14). The lowest BCUT2D eigenvalue weighted by Gasteiger charge is -1.96. The van der Waals surface area contributed by atoms with Crippen LogP contribution in [0.2, 0.25) is 0 Å². The average molecular weight is 202 g/mol. The molecular formula is C8H10O6. The van der Waals surface area contributed by atoms with Gasteiger partial charge in [-0.25, -0.2) is 0 Å². The molecule has 0 fully saturated rings. The maximum Gasteiger partial charge on any atom is 0.310 e. The normalized spacial score (nSPS) is 9.43. The first-order chi connectivity index (χ1) is 6.41. The number of rotatable bonds is 7. The minimum absolute atomic E-state index is 0.235. The van der Waals surface area contributed by atoms with E-state index in [0.29, 0.717) is 0 Å². The molecule has 0 aliphatic carbocycles. The zero-order chi connectivity index (χ0) is 11.1. The Labute approximate surface area is 79.5 Å². The van der Waals surface area contributed by atoms with Crippen LogP contribution in [0.15, 0.2) is 0 Å². The lowest BCUT2D eigenvalue weighted by atomic mass is 10.1. The lowest BCUT2D eigenvalue weighted by molar-refractivity contribution is -0.142. The number of ketones is 2. The Hall–Kier alpha value is -1.72. The number of carboxylic acid groups (broad SMARTS) is 2. The Morgan fingerprint density at radius 1 is 0.714 bits per heavy atom. The summed E-state index contributed by atoms with van der Waals surface area (Å²) in [4.78, 5) is 41.7. The summed E-state index contributed by atoms with van der Waals surface area (Å²) < 4.78 is 0. The number of hydrogen-bond donors (Lipinski definition) is 2. The summed E-state index contributed by atoms with van der Waals surface area (Å²) in [6.45, 7) is 0. The number of hydrogen-bond acceptors (Lipinski definition) is 4. The molecule has 0 bridgehead atoms. The van der Waals surface area contributed by atoms with Gasteiger partial charge in [0.05, 0.1) is 12.8 Å². The van der Waals surface area contributed by atoms with Gasteiger partial charge in [0, 0.05) is 6.42 Å². The van der Waals surface area contributed by atoms with Crippen LogP contribution >= 0.6 is 0 Å². The van der Waals surface area contributed by atoms with E-state index in [9.17, 15) is 19.2 Å². The smallest absolute Gasteiger partial charge is 0.310 e. The van der Waals surface area contributed by atoms with Crippen molar-refractivity contribution in [3.63, 3.8) is 0 Å². The van der Waals surface area contributed by atoms with E-state index in [1.807, 2.05) is 0 Å². The lowest BCUT2D eigenvalue weighted by Crippen LogP contribution is -2.12. The van der Waals surface area contributed by atoms with Gasteiger partial charge in [-0.1, -0.05) is 0 Å². The summed E-state index contributed by atoms with van der Waals surface area (Å²) in [5, 5.41) is 16.4. The van der Waals surface area contributed by atoms with Crippen molar-refractivity contribution >= 4 is 23.5 Å². The largest absolute Gasteiger partial charge is 0.481 e. The molecule has 0 radical (unpaired) electrons. The van der Waals surface area contributed by atoms with E-state index in [2.05, 4.69) is 0 Å². The van der Waals surface area contributed by atoms with E-state index in [4.69, 9.17) is 10.2 Å². The van der Waals surface area contributed by atoms with E-state index in [0.717, 1.165) is 0 Å². The summed E-state index contributed by atoms with van der Waals surface area (Å²) in [6, 6.07) is 0. The van der Waals surface area contributed by atoms with E-state index in [1.54, 1.807) is 0 Å². The molecule has 0 unspecified atom stereocenters. The van der Waals surface area contributed by atoms with Gasteiger partial charge in [0.2, 0.25) is 0 Å². The maximum absolute atomic E-state index is 10.9. The van der Waals surface area contributed by atoms with Crippen LogP contribution in [-0.2, 0) is 19.2 Å². The zero-order valence-electron chi connectivity index (χ0n) is 7.36. The summed E-state index contributed by atoms with van der Waals surface area (Å²) >= 11 is 0. The SMILES string of the molecule is O=C(O)CCC(=O)CC(=O)CC(=O)O. The van der Waals surface area contributed by atoms with Crippen LogP contribution in [0.3, 0.4) is 0 Å². The monoisotopic (exact) mass is 202 g/mol. The predicted octanol–water partition coefficient (Wildman–Crippen LogP) is -0.146. The summed E-state index contributed by atoms with van der Waals surface area (Å²) in [5.74, 6) is -3.66. The molecule has 0 aromatic carbocycles. The molecule has 0 spiro atoms. The molecule has 6 heteroatoms. The van der Waals surface area contributed by atoms with Gasteiger partial charge >= 0.3 is 11.9 Å². The molecule has 0 aromatic rings. The highest BCUT2D eigenvalue weighted by Crippen LogP contribution is 1.98. The third-order valence-corrected chi connectivity index (χ3v) is 1.36. The molecular weight excluding hydrogens is 192 g/mol. The van der Waals surface area contributed by atoms with E-state index in [1.165, 1.54) is 0 Å². The van der Waals surface area contributed by atoms with Gasteiger partial charge in [0.15, 0.2) is 5.78 Å². The molecule has 78 valence electrons. The van der Waals surface area contributed by atoms with Crippen molar-refractivity contribution in [1.29, 1.82) is 0 Å². The van der Waals surface area contributed by atoms with Gasteiger partial charge < -0.3 is 10.2 Å². The first-order valence-corrected chi connectivity index (χ1v) is 3.89. The van der Waals surface area contributed by atoms with Crippen molar-refractivity contribution in [3.8, 4) is 0 Å². The summed E-state index contributed by atoms with van der Waals surface area (Å²) in [6.07, 6.45) is -1.77. The van der Waals surface area contributed by atoms with Crippen LogP contribution in [0.4, 0.5) is 0 Å². The Morgan fingerprint density at radius 3 is 1.71 bits per heavy atom. The molecule has 0 saturated heterocycles. The molecule has 6 nitrogen and oxygen atoms in total. The zero-order valence-corrected chi connectivity index (χ0v) is 7.36. The highest BCUT2D eigenvalue weighted by molar-refractivity contribution is 6.05. The predicted molar refractivity (Wildman–Crippen MR) is 43.8 cm³/mol. The van der Waals surface area contributed by atoms with Gasteiger partial charge in [0.25, 0.3) is 0 Å². The quantitative estimate of drug-likeness (QED) is 0.556. The van der Waals surface area contributed by atoms with Crippen molar-refractivity contribution < 1.29 is 29.4 Å². The topological polar surface area (TPSA) is 109 Å². The van der Waals surface area contributed by atoms with E-state index < -0.39 is 36.3 Å². The molecule has 0 heterocycles. The fraction of sp³-hybridized carbons (Fsp3) is 0.500. The second-order valence-electron chi connectivity index (χ2n) is 2.72. The first kappa shape index (κ1) is 12.3. The van der Waals surface area contributed by atoms with Crippen molar-refractivity contribution in [2.75, 3.05) is 0 Å². The van der Waals surface area contributed by atoms with Crippen LogP contribution in [0, 0.1) is 0 Å². The number of carbonyl (C=O) groups excluding carboxylic acids is 2. The second kappa shape index (κ2) is 5.85. The average Bonchev–Trinajstić information content (AvgIpc) is 1.98. The van der Waals surface area contributed by atoms with Crippen LogP contribution in [0.5, 0.6) is 0 Å². The third-order valence-electron chi connectivity index (χ3n) is 1.36. The van der Waals surface area contributed by atoms with Crippen molar-refractivity contribution in [1.82, 2.24) is 0 Å². The number of carboxylic acids is 2. The minimum Gasteiger partial charge on any atom is -0.481 e. The van der Waals surface area contributed by atoms with Crippen molar-refractivity contribution in [2.24, 2.45) is 0 Å². The van der Waals surface area contributed by atoms with Crippen LogP contribution < -0.4 is 0 Å². The number of Topliss-reactive ketones (excluding diaryl/α,β-unsaturated/α-hetero) is 2. The molecule has 0 aliphatic heterocycles. The number of carbonyl (C=O) groups is 4. The highest BCUT2D eigenvalue weighted by Gasteiger charge is 2.13. The highest BCUT2D eigenvalue weighted by atomic mass is 16.4. The number of aliphatic carboxylic acids is 2. The molecule has 0 aliphatic rings. The van der Waals surface area contributed by atoms with Gasteiger partial charge in [0.1, 0.15) is 12.2 Å². The molecule has 0 rings (SSSR count). The minimum atomic E-state index is -1.29. The van der Waals surface area contributed by atoms with Crippen LogP contribution in [0.1, 0.15) is 25.7 Å². The fourth-order valence-electron chi connectivity index (χ4n) is 0.786. The molecule has 0 atom stereocenters. The summed E-state index contributed by atoms with van der Waals surface area (Å²) in [7, 11) is 0. The maximum atomic E-state index is 10.9. The Morgan fingerprint density at radius 2 is 1.29 bits per heavy atom. The van der Waals surface area contributed by atoms with Gasteiger partial charge in [-0.15, -0.1) is 0 Å². The molecule has 0 saturated carbocycles. The van der Waals surface area contributed by atoms with Gasteiger partial charge in [-0.05, 0) is 0 Å². The van der Waals surface area contributed by atoms with E-state index >= 15 is 0 Å². The molecule has 14 heavy (non-hydrogen) atoms. The van der Waals surface area contributed by atoms with Crippen LogP contribution in [-0.4, -0.2) is 33.7 Å². The molecule has 0 amide bonds.